The van der Waals surface area contributed by atoms with E-state index in [1.165, 1.54) is 5.56 Å². The highest BCUT2D eigenvalue weighted by molar-refractivity contribution is 5.39. The summed E-state index contributed by atoms with van der Waals surface area (Å²) in [5, 5.41) is 15.3. The lowest BCUT2D eigenvalue weighted by Crippen LogP contribution is -2.38. The van der Waals surface area contributed by atoms with Crippen molar-refractivity contribution in [3.05, 3.63) is 71.5 Å². The molecule has 0 fully saturated rings. The van der Waals surface area contributed by atoms with Crippen molar-refractivity contribution in [2.45, 2.75) is 38.8 Å². The molecule has 0 aliphatic heterocycles. The molecular weight excluding hydrogens is 324 g/mol. The fourth-order valence-electron chi connectivity index (χ4n) is 3.80. The van der Waals surface area contributed by atoms with E-state index in [-0.39, 0.29) is 5.88 Å². The van der Waals surface area contributed by atoms with E-state index in [0.717, 1.165) is 43.6 Å². The summed E-state index contributed by atoms with van der Waals surface area (Å²) in [6.45, 7) is 4.13. The molecule has 1 aromatic carbocycles. The highest BCUT2D eigenvalue weighted by Gasteiger charge is 2.29. The Kier molecular flexibility index (Phi) is 4.71. The van der Waals surface area contributed by atoms with Crippen molar-refractivity contribution in [1.82, 2.24) is 19.7 Å². The summed E-state index contributed by atoms with van der Waals surface area (Å²) in [6, 6.07) is 16.6. The molecule has 1 aliphatic carbocycles. The third-order valence-electron chi connectivity index (χ3n) is 5.21. The minimum Gasteiger partial charge on any atom is -0.493 e. The fraction of sp³-hybridized carbons (Fsp3) is 0.333. The van der Waals surface area contributed by atoms with Gasteiger partial charge in [0, 0.05) is 24.3 Å². The summed E-state index contributed by atoms with van der Waals surface area (Å²) in [4.78, 5) is 6.81. The Morgan fingerprint density at radius 3 is 2.69 bits per heavy atom. The Morgan fingerprint density at radius 1 is 1.15 bits per heavy atom. The second-order valence-electron chi connectivity index (χ2n) is 6.79. The highest BCUT2D eigenvalue weighted by atomic mass is 16.3. The molecule has 2 aromatic heterocycles. The minimum absolute atomic E-state index is 0.235. The summed E-state index contributed by atoms with van der Waals surface area (Å²) in [5.41, 5.74) is 3.30. The summed E-state index contributed by atoms with van der Waals surface area (Å²) in [5.74, 6) is 0.895. The zero-order valence-corrected chi connectivity index (χ0v) is 15.0. The Bertz CT molecular complexity index is 860. The second-order valence-corrected chi connectivity index (χ2v) is 6.79. The first-order valence-corrected chi connectivity index (χ1v) is 9.25. The van der Waals surface area contributed by atoms with E-state index in [1.54, 1.807) is 10.9 Å². The molecule has 1 aliphatic rings. The molecule has 134 valence electrons. The lowest BCUT2D eigenvalue weighted by atomic mass is 9.91. The van der Waals surface area contributed by atoms with Crippen LogP contribution in [0.3, 0.4) is 0 Å². The van der Waals surface area contributed by atoms with Gasteiger partial charge in [0.1, 0.15) is 0 Å². The van der Waals surface area contributed by atoms with Gasteiger partial charge >= 0.3 is 0 Å². The normalized spacial score (nSPS) is 16.6. The largest absolute Gasteiger partial charge is 0.493 e. The highest BCUT2D eigenvalue weighted by Crippen LogP contribution is 2.32. The van der Waals surface area contributed by atoms with Gasteiger partial charge in [0.05, 0.1) is 5.69 Å². The Hall–Kier alpha value is -2.66. The molecule has 0 amide bonds. The number of aryl methyl sites for hydroxylation is 1. The molecule has 5 heteroatoms. The van der Waals surface area contributed by atoms with Gasteiger partial charge in [-0.3, -0.25) is 4.90 Å². The summed E-state index contributed by atoms with van der Waals surface area (Å²) >= 11 is 0. The molecule has 1 N–H and O–H groups in total. The first kappa shape index (κ1) is 16.8. The fourth-order valence-corrected chi connectivity index (χ4v) is 3.80. The van der Waals surface area contributed by atoms with Gasteiger partial charge in [-0.1, -0.05) is 43.3 Å². The molecule has 0 saturated heterocycles. The average Bonchev–Trinajstić information content (AvgIpc) is 3.04. The van der Waals surface area contributed by atoms with Crippen LogP contribution in [0.25, 0.3) is 5.82 Å². The molecular formula is C21H24N4O. The van der Waals surface area contributed by atoms with Crippen LogP contribution < -0.4 is 0 Å². The maximum Gasteiger partial charge on any atom is 0.219 e. The van der Waals surface area contributed by atoms with Crippen molar-refractivity contribution in [2.24, 2.45) is 0 Å². The molecule has 5 nitrogen and oxygen atoms in total. The van der Waals surface area contributed by atoms with Gasteiger partial charge in [-0.25, -0.2) is 4.98 Å². The number of rotatable bonds is 5. The molecule has 26 heavy (non-hydrogen) atoms. The molecule has 0 radical (unpaired) electrons. The van der Waals surface area contributed by atoms with Gasteiger partial charge in [-0.15, -0.1) is 0 Å². The number of likely N-dealkylation sites (N-methyl/N-ethyl adjacent to an activating group) is 1. The number of hydrogen-bond acceptors (Lipinski definition) is 4. The average molecular weight is 348 g/mol. The van der Waals surface area contributed by atoms with Crippen LogP contribution in [-0.2, 0) is 19.4 Å². The number of fused-ring (bicyclic) bond motifs is 1. The summed E-state index contributed by atoms with van der Waals surface area (Å²) < 4.78 is 1.57. The van der Waals surface area contributed by atoms with E-state index in [9.17, 15) is 5.11 Å². The van der Waals surface area contributed by atoms with Crippen LogP contribution >= 0.6 is 0 Å². The van der Waals surface area contributed by atoms with Crippen LogP contribution in [0.2, 0.25) is 0 Å². The van der Waals surface area contributed by atoms with E-state index < -0.39 is 0 Å². The van der Waals surface area contributed by atoms with Crippen molar-refractivity contribution in [2.75, 3.05) is 6.54 Å². The van der Waals surface area contributed by atoms with Crippen LogP contribution in [0.15, 0.2) is 54.7 Å². The van der Waals surface area contributed by atoms with E-state index >= 15 is 0 Å². The standard InChI is InChI=1S/C21H24N4O/c1-2-24(15-16-8-4-3-5-9-16)17-11-12-19-18(14-17)21(26)25(23-19)20-10-6-7-13-22-20/h3-10,13,17,26H,2,11-12,14-15H2,1H3. The van der Waals surface area contributed by atoms with Gasteiger partial charge in [0.2, 0.25) is 5.88 Å². The number of aromatic nitrogens is 3. The molecule has 1 atom stereocenters. The van der Waals surface area contributed by atoms with E-state index in [4.69, 9.17) is 0 Å². The first-order chi connectivity index (χ1) is 12.8. The third-order valence-corrected chi connectivity index (χ3v) is 5.21. The van der Waals surface area contributed by atoms with Gasteiger partial charge in [-0.05, 0) is 43.5 Å². The van der Waals surface area contributed by atoms with Crippen LogP contribution in [0.1, 0.15) is 30.2 Å². The zero-order valence-electron chi connectivity index (χ0n) is 15.0. The Labute approximate surface area is 153 Å². The molecule has 4 rings (SSSR count). The number of benzene rings is 1. The smallest absolute Gasteiger partial charge is 0.219 e. The Balaban J connectivity index is 1.56. The van der Waals surface area contributed by atoms with Gasteiger partial charge in [0.15, 0.2) is 5.82 Å². The quantitative estimate of drug-likeness (QED) is 0.768. The molecule has 0 spiro atoms. The maximum absolute atomic E-state index is 10.7. The van der Waals surface area contributed by atoms with E-state index in [0.29, 0.717) is 11.9 Å². The molecule has 2 heterocycles. The number of hydrogen-bond donors (Lipinski definition) is 1. The van der Waals surface area contributed by atoms with Crippen molar-refractivity contribution >= 4 is 0 Å². The lowest BCUT2D eigenvalue weighted by molar-refractivity contribution is 0.179. The van der Waals surface area contributed by atoms with E-state index in [1.807, 2.05) is 18.2 Å². The number of pyridine rings is 1. The molecule has 1 unspecified atom stereocenters. The van der Waals surface area contributed by atoms with Crippen LogP contribution in [0.5, 0.6) is 5.88 Å². The van der Waals surface area contributed by atoms with Crippen LogP contribution in [0, 0.1) is 0 Å². The summed E-state index contributed by atoms with van der Waals surface area (Å²) in [6.07, 6.45) is 4.50. The predicted molar refractivity (Wildman–Crippen MR) is 101 cm³/mol. The third kappa shape index (κ3) is 3.22. The molecule has 0 bridgehead atoms. The number of aromatic hydroxyl groups is 1. The van der Waals surface area contributed by atoms with Gasteiger partial charge in [0.25, 0.3) is 0 Å². The monoisotopic (exact) mass is 348 g/mol. The topological polar surface area (TPSA) is 54.2 Å². The molecule has 0 saturated carbocycles. The van der Waals surface area contributed by atoms with Crippen molar-refractivity contribution in [3.63, 3.8) is 0 Å². The lowest BCUT2D eigenvalue weighted by Gasteiger charge is -2.33. The van der Waals surface area contributed by atoms with Gasteiger partial charge in [-0.2, -0.15) is 9.78 Å². The zero-order chi connectivity index (χ0) is 17.9. The number of nitrogens with zero attached hydrogens (tertiary/aromatic N) is 4. The van der Waals surface area contributed by atoms with Crippen LogP contribution in [0.4, 0.5) is 0 Å². The van der Waals surface area contributed by atoms with Crippen LogP contribution in [-0.4, -0.2) is 37.4 Å². The first-order valence-electron chi connectivity index (χ1n) is 9.25. The van der Waals surface area contributed by atoms with Crippen molar-refractivity contribution in [3.8, 4) is 11.7 Å². The maximum atomic E-state index is 10.7. The predicted octanol–water partition coefficient (Wildman–Crippen LogP) is 3.35. The van der Waals surface area contributed by atoms with Gasteiger partial charge < -0.3 is 5.11 Å². The minimum atomic E-state index is 0.235. The van der Waals surface area contributed by atoms with E-state index in [2.05, 4.69) is 52.2 Å². The summed E-state index contributed by atoms with van der Waals surface area (Å²) in [7, 11) is 0. The SMILES string of the molecule is CCN(Cc1ccccc1)C1CCc2nn(-c3ccccn3)c(O)c2C1. The second kappa shape index (κ2) is 7.30. The van der Waals surface area contributed by atoms with Crippen molar-refractivity contribution < 1.29 is 5.11 Å². The van der Waals surface area contributed by atoms with Crippen molar-refractivity contribution in [1.29, 1.82) is 0 Å². The molecule has 3 aromatic rings. The Morgan fingerprint density at radius 2 is 1.96 bits per heavy atom.